The van der Waals surface area contributed by atoms with Crippen LogP contribution in [-0.4, -0.2) is 11.3 Å². The maximum absolute atomic E-state index is 11.7. The molecule has 0 radical (unpaired) electrons. The van der Waals surface area contributed by atoms with Crippen molar-refractivity contribution in [3.05, 3.63) is 68.8 Å². The third-order valence-corrected chi connectivity index (χ3v) is 5.48. The minimum atomic E-state index is 0.568. The number of nitrogens with one attached hydrogen (secondary N) is 1. The predicted molar refractivity (Wildman–Crippen MR) is 102 cm³/mol. The molecule has 2 heterocycles. The number of hydrogen-bond acceptors (Lipinski definition) is 2. The van der Waals surface area contributed by atoms with Gasteiger partial charge in [-0.3, -0.25) is 4.79 Å². The molecule has 2 nitrogen and oxygen atoms in total. The summed E-state index contributed by atoms with van der Waals surface area (Å²) in [5.74, 6) is 0. The Kier molecular flexibility index (Phi) is 3.93. The Labute approximate surface area is 152 Å². The van der Waals surface area contributed by atoms with Gasteiger partial charge in [0, 0.05) is 22.0 Å². The van der Waals surface area contributed by atoms with Crippen LogP contribution < -0.4 is 0 Å². The quantitative estimate of drug-likeness (QED) is 0.400. The summed E-state index contributed by atoms with van der Waals surface area (Å²) in [5, 5.41) is 0.875. The van der Waals surface area contributed by atoms with Gasteiger partial charge in [0.2, 0.25) is 0 Å². The number of carbonyl (C=O) groups excluding carboxylic acids is 1. The SMILES string of the molecule is O=Cc1c(-c2cc(Cl)sc2Cl)[nH]c2ccc(-c3ccccc3)cc12. The summed E-state index contributed by atoms with van der Waals surface area (Å²) in [6.45, 7) is 0. The Bertz CT molecular complexity index is 1050. The minimum Gasteiger partial charge on any atom is -0.354 e. The Morgan fingerprint density at radius 2 is 1.75 bits per heavy atom. The van der Waals surface area contributed by atoms with Crippen LogP contribution in [0.15, 0.2) is 54.6 Å². The topological polar surface area (TPSA) is 32.9 Å². The number of thiophene rings is 1. The first-order valence-electron chi connectivity index (χ1n) is 7.29. The highest BCUT2D eigenvalue weighted by atomic mass is 35.5. The Balaban J connectivity index is 1.95. The molecule has 0 bridgehead atoms. The number of carbonyl (C=O) groups is 1. The van der Waals surface area contributed by atoms with Crippen molar-refractivity contribution < 1.29 is 4.79 Å². The van der Waals surface area contributed by atoms with E-state index >= 15 is 0 Å². The molecule has 118 valence electrons. The van der Waals surface area contributed by atoms with Crippen LogP contribution in [0.4, 0.5) is 0 Å². The third-order valence-electron chi connectivity index (χ3n) is 3.99. The number of aromatic amines is 1. The van der Waals surface area contributed by atoms with Crippen molar-refractivity contribution in [2.24, 2.45) is 0 Å². The van der Waals surface area contributed by atoms with E-state index in [1.165, 1.54) is 11.3 Å². The van der Waals surface area contributed by atoms with E-state index in [9.17, 15) is 4.79 Å². The Morgan fingerprint density at radius 1 is 0.958 bits per heavy atom. The van der Waals surface area contributed by atoms with Gasteiger partial charge in [-0.1, -0.05) is 59.6 Å². The summed E-state index contributed by atoms with van der Waals surface area (Å²) in [4.78, 5) is 15.0. The lowest BCUT2D eigenvalue weighted by Crippen LogP contribution is -1.83. The van der Waals surface area contributed by atoms with E-state index in [2.05, 4.69) is 4.98 Å². The van der Waals surface area contributed by atoms with Gasteiger partial charge in [0.25, 0.3) is 0 Å². The van der Waals surface area contributed by atoms with E-state index in [1.54, 1.807) is 6.07 Å². The zero-order valence-corrected chi connectivity index (χ0v) is 14.7. The molecule has 0 atom stereocenters. The summed E-state index contributed by atoms with van der Waals surface area (Å²) < 4.78 is 1.16. The van der Waals surface area contributed by atoms with E-state index in [0.29, 0.717) is 19.9 Å². The summed E-state index contributed by atoms with van der Waals surface area (Å²) in [5.41, 5.74) is 5.12. The maximum Gasteiger partial charge on any atom is 0.152 e. The van der Waals surface area contributed by atoms with Gasteiger partial charge in [-0.15, -0.1) is 11.3 Å². The first-order valence-corrected chi connectivity index (χ1v) is 8.86. The lowest BCUT2D eigenvalue weighted by molar-refractivity contribution is 0.112. The number of fused-ring (bicyclic) bond motifs is 1. The van der Waals surface area contributed by atoms with Gasteiger partial charge in [0.1, 0.15) is 4.34 Å². The molecule has 0 saturated heterocycles. The van der Waals surface area contributed by atoms with Crippen molar-refractivity contribution in [2.75, 3.05) is 0 Å². The number of aromatic nitrogens is 1. The maximum atomic E-state index is 11.7. The van der Waals surface area contributed by atoms with Crippen molar-refractivity contribution in [1.82, 2.24) is 4.98 Å². The monoisotopic (exact) mass is 371 g/mol. The first-order chi connectivity index (χ1) is 11.7. The molecule has 2 aromatic heterocycles. The van der Waals surface area contributed by atoms with E-state index in [0.717, 1.165) is 33.9 Å². The van der Waals surface area contributed by atoms with Crippen LogP contribution >= 0.6 is 34.5 Å². The molecule has 0 aliphatic rings. The van der Waals surface area contributed by atoms with E-state index in [1.807, 2.05) is 48.5 Å². The first kappa shape index (κ1) is 15.5. The van der Waals surface area contributed by atoms with Gasteiger partial charge in [-0.05, 0) is 29.3 Å². The van der Waals surface area contributed by atoms with Gasteiger partial charge < -0.3 is 4.98 Å². The van der Waals surface area contributed by atoms with Crippen LogP contribution in [0.2, 0.25) is 8.67 Å². The number of hydrogen-bond donors (Lipinski definition) is 1. The number of H-pyrrole nitrogens is 1. The Morgan fingerprint density at radius 3 is 2.42 bits per heavy atom. The smallest absolute Gasteiger partial charge is 0.152 e. The van der Waals surface area contributed by atoms with Gasteiger partial charge in [0.15, 0.2) is 6.29 Å². The lowest BCUT2D eigenvalue weighted by Gasteiger charge is -2.01. The second kappa shape index (κ2) is 6.10. The van der Waals surface area contributed by atoms with Crippen LogP contribution in [0.3, 0.4) is 0 Å². The zero-order valence-electron chi connectivity index (χ0n) is 12.3. The molecule has 0 amide bonds. The van der Waals surface area contributed by atoms with Gasteiger partial charge in [-0.2, -0.15) is 0 Å². The molecule has 0 aliphatic carbocycles. The van der Waals surface area contributed by atoms with Crippen molar-refractivity contribution in [3.8, 4) is 22.4 Å². The lowest BCUT2D eigenvalue weighted by atomic mass is 10.0. The predicted octanol–water partition coefficient (Wildman–Crippen LogP) is 6.68. The average molecular weight is 372 g/mol. The van der Waals surface area contributed by atoms with Crippen molar-refractivity contribution in [1.29, 1.82) is 0 Å². The standard InChI is InChI=1S/C19H11Cl2NOS/c20-17-9-14(19(21)24-17)18-15(10-23)13-8-12(6-7-16(13)22-18)11-4-2-1-3-5-11/h1-10,22H. The normalized spacial score (nSPS) is 11.1. The molecule has 1 N–H and O–H groups in total. The average Bonchev–Trinajstić information content (AvgIpc) is 3.13. The highest BCUT2D eigenvalue weighted by Crippen LogP contribution is 2.41. The molecule has 24 heavy (non-hydrogen) atoms. The second-order valence-electron chi connectivity index (χ2n) is 5.40. The van der Waals surface area contributed by atoms with Crippen LogP contribution in [0.25, 0.3) is 33.3 Å². The largest absolute Gasteiger partial charge is 0.354 e. The zero-order chi connectivity index (χ0) is 16.7. The molecule has 4 rings (SSSR count). The molecule has 2 aromatic carbocycles. The molecule has 0 fully saturated rings. The molecular formula is C19H11Cl2NOS. The highest BCUT2D eigenvalue weighted by molar-refractivity contribution is 7.20. The molecule has 0 aliphatic heterocycles. The summed E-state index contributed by atoms with van der Waals surface area (Å²) >= 11 is 13.6. The van der Waals surface area contributed by atoms with E-state index in [-0.39, 0.29) is 0 Å². The molecule has 0 spiro atoms. The number of benzene rings is 2. The second-order valence-corrected chi connectivity index (χ2v) is 7.68. The van der Waals surface area contributed by atoms with Crippen LogP contribution in [0.5, 0.6) is 0 Å². The minimum absolute atomic E-state index is 0.568. The summed E-state index contributed by atoms with van der Waals surface area (Å²) in [6.07, 6.45) is 0.866. The fourth-order valence-electron chi connectivity index (χ4n) is 2.87. The molecular weight excluding hydrogens is 361 g/mol. The summed E-state index contributed by atoms with van der Waals surface area (Å²) in [6, 6.07) is 17.9. The van der Waals surface area contributed by atoms with Crippen molar-refractivity contribution >= 4 is 51.7 Å². The molecule has 0 unspecified atom stereocenters. The van der Waals surface area contributed by atoms with Crippen LogP contribution in [-0.2, 0) is 0 Å². The highest BCUT2D eigenvalue weighted by Gasteiger charge is 2.17. The van der Waals surface area contributed by atoms with E-state index < -0.39 is 0 Å². The van der Waals surface area contributed by atoms with Crippen molar-refractivity contribution in [2.45, 2.75) is 0 Å². The van der Waals surface area contributed by atoms with Crippen LogP contribution in [0.1, 0.15) is 10.4 Å². The van der Waals surface area contributed by atoms with Gasteiger partial charge in [-0.25, -0.2) is 0 Å². The van der Waals surface area contributed by atoms with E-state index in [4.69, 9.17) is 23.2 Å². The fraction of sp³-hybridized carbons (Fsp3) is 0. The van der Waals surface area contributed by atoms with Crippen LogP contribution in [0, 0.1) is 0 Å². The molecule has 0 saturated carbocycles. The van der Waals surface area contributed by atoms with Gasteiger partial charge >= 0.3 is 0 Å². The molecule has 4 aromatic rings. The fourth-order valence-corrected chi connectivity index (χ4v) is 4.34. The van der Waals surface area contributed by atoms with Gasteiger partial charge in [0.05, 0.1) is 10.0 Å². The number of aldehydes is 1. The number of rotatable bonds is 3. The third kappa shape index (κ3) is 2.55. The summed E-state index contributed by atoms with van der Waals surface area (Å²) in [7, 11) is 0. The number of halogens is 2. The Hall–Kier alpha value is -2.07. The van der Waals surface area contributed by atoms with Crippen molar-refractivity contribution in [3.63, 3.8) is 0 Å². The molecule has 5 heteroatoms.